The molecule has 1 aliphatic rings. The summed E-state index contributed by atoms with van der Waals surface area (Å²) in [6, 6.07) is 36.0. The smallest absolute Gasteiger partial charge is 0.207 e. The Morgan fingerprint density at radius 1 is 0.475 bits per heavy atom. The second kappa shape index (κ2) is 8.43. The van der Waals surface area contributed by atoms with Gasteiger partial charge < -0.3 is 4.42 Å². The van der Waals surface area contributed by atoms with Crippen LogP contribution in [0.4, 0.5) is 0 Å². The predicted octanol–water partition coefficient (Wildman–Crippen LogP) is 7.59. The van der Waals surface area contributed by atoms with Crippen molar-refractivity contribution in [2.24, 2.45) is 0 Å². The molecule has 0 spiro atoms. The number of para-hydroxylation sites is 1. The molecule has 190 valence electrons. The van der Waals surface area contributed by atoms with Gasteiger partial charge in [0.05, 0.1) is 9.79 Å². The van der Waals surface area contributed by atoms with E-state index in [1.54, 1.807) is 18.2 Å². The minimum absolute atomic E-state index is 0.262. The highest BCUT2D eigenvalue weighted by Gasteiger charge is 2.33. The molecule has 7 aromatic rings. The highest BCUT2D eigenvalue weighted by Crippen LogP contribution is 2.44. The van der Waals surface area contributed by atoms with Crippen molar-refractivity contribution in [2.45, 2.75) is 9.79 Å². The van der Waals surface area contributed by atoms with Crippen LogP contribution in [0.15, 0.2) is 129 Å². The first-order valence-electron chi connectivity index (χ1n) is 12.8. The number of benzene rings is 5. The average Bonchev–Trinajstić information content (AvgIpc) is 3.49. The fourth-order valence-electron chi connectivity index (χ4n) is 5.36. The lowest BCUT2D eigenvalue weighted by Crippen LogP contribution is -2.01. The molecule has 1 aliphatic heterocycles. The van der Waals surface area contributed by atoms with Crippen molar-refractivity contribution >= 4 is 31.8 Å². The van der Waals surface area contributed by atoms with Crippen molar-refractivity contribution in [3.05, 3.63) is 115 Å². The third-order valence-electron chi connectivity index (χ3n) is 7.30. The largest absolute Gasteiger partial charge is 0.456 e. The number of hydrogen-bond acceptors (Lipinski definition) is 6. The normalized spacial score (nSPS) is 13.4. The monoisotopic (exact) mass is 537 g/mol. The highest BCUT2D eigenvalue weighted by molar-refractivity contribution is 7.92. The van der Waals surface area contributed by atoms with Gasteiger partial charge in [-0.05, 0) is 30.3 Å². The first kappa shape index (κ1) is 22.8. The van der Waals surface area contributed by atoms with Gasteiger partial charge in [-0.15, -0.1) is 0 Å². The van der Waals surface area contributed by atoms with E-state index in [1.807, 2.05) is 97.1 Å². The molecule has 2 aromatic heterocycles. The molecule has 0 radical (unpaired) electrons. The Balaban J connectivity index is 1.32. The highest BCUT2D eigenvalue weighted by atomic mass is 32.2. The van der Waals surface area contributed by atoms with Gasteiger partial charge in [-0.1, -0.05) is 84.9 Å². The van der Waals surface area contributed by atoms with Crippen LogP contribution in [0.1, 0.15) is 0 Å². The molecule has 7 heteroatoms. The van der Waals surface area contributed by atoms with Gasteiger partial charge in [0, 0.05) is 38.6 Å². The Labute approximate surface area is 229 Å². The van der Waals surface area contributed by atoms with Gasteiger partial charge in [-0.25, -0.2) is 23.4 Å². The summed E-state index contributed by atoms with van der Waals surface area (Å²) in [6.45, 7) is 0. The number of sulfone groups is 1. The van der Waals surface area contributed by atoms with Crippen molar-refractivity contribution < 1.29 is 12.8 Å². The van der Waals surface area contributed by atoms with Crippen molar-refractivity contribution in [1.82, 2.24) is 15.0 Å². The van der Waals surface area contributed by atoms with Crippen LogP contribution in [0.25, 0.3) is 67.2 Å². The summed E-state index contributed by atoms with van der Waals surface area (Å²) in [5.41, 5.74) is 5.16. The Hall–Kier alpha value is -5.14. The molecule has 3 heterocycles. The van der Waals surface area contributed by atoms with Crippen LogP contribution in [0.3, 0.4) is 0 Å². The SMILES string of the molecule is O=S1(=O)c2ccccc2-c2ccc(-c3nc(-c4ccccc4)nc(-c4ccc5c(c4)oc4ccccc45)n3)cc21. The van der Waals surface area contributed by atoms with Crippen molar-refractivity contribution in [2.75, 3.05) is 0 Å². The standard InChI is InChI=1S/C33H19N3O3S/c37-40(38)29-13-7-5-11-25(29)26-17-15-22(19-30(26)40)33-35-31(20-8-2-1-3-9-20)34-32(36-33)21-14-16-24-23-10-4-6-12-27(23)39-28(24)18-21/h1-19H. The molecule has 0 unspecified atom stereocenters. The maximum atomic E-state index is 13.4. The third kappa shape index (κ3) is 3.41. The molecular formula is C33H19N3O3S. The first-order valence-corrected chi connectivity index (χ1v) is 14.3. The molecule has 5 aromatic carbocycles. The lowest BCUT2D eigenvalue weighted by atomic mass is 10.0. The van der Waals surface area contributed by atoms with Gasteiger partial charge >= 0.3 is 0 Å². The van der Waals surface area contributed by atoms with Crippen LogP contribution in [-0.4, -0.2) is 23.4 Å². The van der Waals surface area contributed by atoms with Crippen LogP contribution in [-0.2, 0) is 9.84 Å². The quantitative estimate of drug-likeness (QED) is 0.231. The van der Waals surface area contributed by atoms with Crippen molar-refractivity contribution in [3.63, 3.8) is 0 Å². The van der Waals surface area contributed by atoms with E-state index < -0.39 is 9.84 Å². The third-order valence-corrected chi connectivity index (χ3v) is 9.15. The minimum Gasteiger partial charge on any atom is -0.456 e. The van der Waals surface area contributed by atoms with E-state index in [0.29, 0.717) is 39.1 Å². The topological polar surface area (TPSA) is 86.0 Å². The van der Waals surface area contributed by atoms with Crippen LogP contribution >= 0.6 is 0 Å². The van der Waals surface area contributed by atoms with Gasteiger partial charge in [0.25, 0.3) is 0 Å². The summed E-state index contributed by atoms with van der Waals surface area (Å²) >= 11 is 0. The zero-order chi connectivity index (χ0) is 26.8. The van der Waals surface area contributed by atoms with Crippen LogP contribution in [0.2, 0.25) is 0 Å². The fraction of sp³-hybridized carbons (Fsp3) is 0. The Bertz CT molecular complexity index is 2240. The summed E-state index contributed by atoms with van der Waals surface area (Å²) < 4.78 is 32.9. The average molecular weight is 538 g/mol. The fourth-order valence-corrected chi connectivity index (χ4v) is 7.08. The molecule has 6 nitrogen and oxygen atoms in total. The molecule has 0 aliphatic carbocycles. The molecule has 0 saturated heterocycles. The second-order valence-electron chi connectivity index (χ2n) is 9.69. The Morgan fingerprint density at radius 3 is 1.90 bits per heavy atom. The van der Waals surface area contributed by atoms with Gasteiger partial charge in [0.15, 0.2) is 17.5 Å². The summed E-state index contributed by atoms with van der Waals surface area (Å²) in [4.78, 5) is 15.0. The number of aromatic nitrogens is 3. The van der Waals surface area contributed by atoms with E-state index in [1.165, 1.54) is 0 Å². The van der Waals surface area contributed by atoms with Gasteiger partial charge in [-0.3, -0.25) is 0 Å². The van der Waals surface area contributed by atoms with E-state index in [0.717, 1.165) is 33.1 Å². The lowest BCUT2D eigenvalue weighted by Gasteiger charge is -2.09. The summed E-state index contributed by atoms with van der Waals surface area (Å²) in [7, 11) is -3.64. The Kier molecular flexibility index (Phi) is 4.81. The van der Waals surface area contributed by atoms with Gasteiger partial charge in [0.2, 0.25) is 9.84 Å². The number of nitrogens with zero attached hydrogens (tertiary/aromatic N) is 3. The predicted molar refractivity (Wildman–Crippen MR) is 154 cm³/mol. The van der Waals surface area contributed by atoms with Gasteiger partial charge in [0.1, 0.15) is 11.2 Å². The molecule has 0 fully saturated rings. The maximum absolute atomic E-state index is 13.4. The molecule has 40 heavy (non-hydrogen) atoms. The van der Waals surface area contributed by atoms with Crippen LogP contribution in [0, 0.1) is 0 Å². The number of rotatable bonds is 3. The van der Waals surface area contributed by atoms with E-state index in [-0.39, 0.29) is 4.90 Å². The maximum Gasteiger partial charge on any atom is 0.207 e. The Morgan fingerprint density at radius 2 is 1.07 bits per heavy atom. The summed E-state index contributed by atoms with van der Waals surface area (Å²) in [5.74, 6) is 1.36. The summed E-state index contributed by atoms with van der Waals surface area (Å²) in [5, 5.41) is 2.06. The molecule has 0 saturated carbocycles. The minimum atomic E-state index is -3.64. The van der Waals surface area contributed by atoms with Crippen LogP contribution in [0.5, 0.6) is 0 Å². The number of hydrogen-bond donors (Lipinski definition) is 0. The first-order chi connectivity index (χ1) is 19.6. The number of fused-ring (bicyclic) bond motifs is 6. The molecule has 8 rings (SSSR count). The molecule has 0 atom stereocenters. The molecule has 0 amide bonds. The number of furan rings is 1. The van der Waals surface area contributed by atoms with E-state index >= 15 is 0 Å². The lowest BCUT2D eigenvalue weighted by molar-refractivity contribution is 0.598. The van der Waals surface area contributed by atoms with Crippen LogP contribution < -0.4 is 0 Å². The van der Waals surface area contributed by atoms with E-state index in [4.69, 9.17) is 19.4 Å². The molecule has 0 bridgehead atoms. The van der Waals surface area contributed by atoms with Gasteiger partial charge in [-0.2, -0.15) is 0 Å². The van der Waals surface area contributed by atoms with E-state index in [9.17, 15) is 8.42 Å². The van der Waals surface area contributed by atoms with Crippen molar-refractivity contribution in [3.8, 4) is 45.3 Å². The van der Waals surface area contributed by atoms with Crippen molar-refractivity contribution in [1.29, 1.82) is 0 Å². The van der Waals surface area contributed by atoms with E-state index in [2.05, 4.69) is 0 Å². The zero-order valence-electron chi connectivity index (χ0n) is 20.9. The zero-order valence-corrected chi connectivity index (χ0v) is 21.8. The second-order valence-corrected chi connectivity index (χ2v) is 11.6. The molecular weight excluding hydrogens is 518 g/mol. The molecule has 0 N–H and O–H groups in total. The summed E-state index contributed by atoms with van der Waals surface area (Å²) in [6.07, 6.45) is 0.